The second-order valence-electron chi connectivity index (χ2n) is 6.12. The van der Waals surface area contributed by atoms with Crippen molar-refractivity contribution in [2.75, 3.05) is 0 Å². The minimum Gasteiger partial charge on any atom is -0.491 e. The lowest BCUT2D eigenvalue weighted by atomic mass is 10.1. The number of hydrogen-bond donors (Lipinski definition) is 1. The summed E-state index contributed by atoms with van der Waals surface area (Å²) in [4.78, 5) is 21.9. The van der Waals surface area contributed by atoms with Crippen molar-refractivity contribution in [1.82, 2.24) is 5.32 Å². The van der Waals surface area contributed by atoms with Crippen LogP contribution in [0.25, 0.3) is 0 Å². The highest BCUT2D eigenvalue weighted by atomic mass is 16.6. The summed E-state index contributed by atoms with van der Waals surface area (Å²) in [5, 5.41) is 13.3. The van der Waals surface area contributed by atoms with Gasteiger partial charge in [0.25, 0.3) is 5.91 Å². The SMILES string of the molecule is CC(CCc1ccc(OC(C)C)cc1)NC(=O)c1ccc([N+](=O)[O-])o1. The first-order valence-electron chi connectivity index (χ1n) is 8.16. The Hall–Kier alpha value is -2.83. The van der Waals surface area contributed by atoms with Crippen molar-refractivity contribution in [3.8, 4) is 5.75 Å². The molecule has 0 aliphatic rings. The first kappa shape index (κ1) is 18.5. The lowest BCUT2D eigenvalue weighted by molar-refractivity contribution is -0.402. The molecule has 0 bridgehead atoms. The molecule has 0 aliphatic carbocycles. The van der Waals surface area contributed by atoms with Crippen molar-refractivity contribution in [3.63, 3.8) is 0 Å². The minimum atomic E-state index is -0.674. The second-order valence-corrected chi connectivity index (χ2v) is 6.12. The van der Waals surface area contributed by atoms with E-state index in [4.69, 9.17) is 9.15 Å². The molecule has 0 spiro atoms. The number of nitro groups is 1. The molecule has 2 rings (SSSR count). The Labute approximate surface area is 146 Å². The Morgan fingerprint density at radius 3 is 2.44 bits per heavy atom. The van der Waals surface area contributed by atoms with E-state index in [1.165, 1.54) is 12.1 Å². The van der Waals surface area contributed by atoms with Crippen molar-refractivity contribution in [2.45, 2.75) is 45.8 Å². The van der Waals surface area contributed by atoms with Crippen molar-refractivity contribution in [2.24, 2.45) is 0 Å². The maximum atomic E-state index is 12.0. The van der Waals surface area contributed by atoms with Crippen molar-refractivity contribution in [1.29, 1.82) is 0 Å². The number of carbonyl (C=O) groups is 1. The fourth-order valence-corrected chi connectivity index (χ4v) is 2.30. The van der Waals surface area contributed by atoms with Crippen LogP contribution in [0.5, 0.6) is 5.75 Å². The fourth-order valence-electron chi connectivity index (χ4n) is 2.30. The van der Waals surface area contributed by atoms with Gasteiger partial charge in [0.05, 0.1) is 12.2 Å². The molecule has 7 heteroatoms. The molecule has 0 radical (unpaired) electrons. The smallest absolute Gasteiger partial charge is 0.433 e. The van der Waals surface area contributed by atoms with Crippen LogP contribution in [-0.4, -0.2) is 23.0 Å². The average Bonchev–Trinajstić information content (AvgIpc) is 3.04. The van der Waals surface area contributed by atoms with Crippen LogP contribution in [0.15, 0.2) is 40.8 Å². The predicted octanol–water partition coefficient (Wildman–Crippen LogP) is 3.73. The molecule has 1 heterocycles. The summed E-state index contributed by atoms with van der Waals surface area (Å²) in [7, 11) is 0. The average molecular weight is 346 g/mol. The molecule has 2 aromatic rings. The van der Waals surface area contributed by atoms with Gasteiger partial charge in [0.2, 0.25) is 0 Å². The van der Waals surface area contributed by atoms with E-state index < -0.39 is 16.7 Å². The summed E-state index contributed by atoms with van der Waals surface area (Å²) >= 11 is 0. The van der Waals surface area contributed by atoms with E-state index in [0.717, 1.165) is 24.2 Å². The summed E-state index contributed by atoms with van der Waals surface area (Å²) in [5.41, 5.74) is 1.14. The third-order valence-corrected chi connectivity index (χ3v) is 3.53. The number of furan rings is 1. The van der Waals surface area contributed by atoms with Crippen LogP contribution in [0, 0.1) is 10.1 Å². The minimum absolute atomic E-state index is 0.0614. The molecule has 0 fully saturated rings. The molecule has 0 aliphatic heterocycles. The summed E-state index contributed by atoms with van der Waals surface area (Å²) < 4.78 is 10.5. The Morgan fingerprint density at radius 1 is 1.20 bits per heavy atom. The Balaban J connectivity index is 1.82. The topological polar surface area (TPSA) is 94.6 Å². The van der Waals surface area contributed by atoms with Gasteiger partial charge in [0, 0.05) is 6.04 Å². The second kappa shape index (κ2) is 8.32. The predicted molar refractivity (Wildman–Crippen MR) is 92.8 cm³/mol. The zero-order valence-corrected chi connectivity index (χ0v) is 14.5. The molecule has 1 aromatic carbocycles. The highest BCUT2D eigenvalue weighted by Crippen LogP contribution is 2.17. The van der Waals surface area contributed by atoms with Gasteiger partial charge >= 0.3 is 5.88 Å². The van der Waals surface area contributed by atoms with Gasteiger partial charge in [-0.15, -0.1) is 0 Å². The molecule has 25 heavy (non-hydrogen) atoms. The van der Waals surface area contributed by atoms with Crippen molar-refractivity contribution < 1.29 is 18.9 Å². The molecule has 1 N–H and O–H groups in total. The van der Waals surface area contributed by atoms with E-state index in [-0.39, 0.29) is 17.9 Å². The number of rotatable bonds is 8. The van der Waals surface area contributed by atoms with Crippen molar-refractivity contribution >= 4 is 11.8 Å². The van der Waals surface area contributed by atoms with Gasteiger partial charge in [-0.25, -0.2) is 0 Å². The van der Waals surface area contributed by atoms with Crippen LogP contribution in [-0.2, 0) is 6.42 Å². The van der Waals surface area contributed by atoms with Gasteiger partial charge in [-0.1, -0.05) is 12.1 Å². The summed E-state index contributed by atoms with van der Waals surface area (Å²) in [5.74, 6) is -0.129. The summed E-state index contributed by atoms with van der Waals surface area (Å²) in [6.07, 6.45) is 1.67. The monoisotopic (exact) mass is 346 g/mol. The third kappa shape index (κ3) is 5.63. The lowest BCUT2D eigenvalue weighted by Gasteiger charge is -2.13. The normalized spacial score (nSPS) is 12.0. The number of nitrogens with one attached hydrogen (secondary N) is 1. The van der Waals surface area contributed by atoms with Crippen LogP contribution in [0.1, 0.15) is 43.3 Å². The molecule has 0 saturated heterocycles. The zero-order valence-electron chi connectivity index (χ0n) is 14.5. The van der Waals surface area contributed by atoms with E-state index in [1.807, 2.05) is 45.0 Å². The van der Waals surface area contributed by atoms with Crippen LogP contribution in [0.3, 0.4) is 0 Å². The maximum absolute atomic E-state index is 12.0. The van der Waals surface area contributed by atoms with E-state index in [9.17, 15) is 14.9 Å². The lowest BCUT2D eigenvalue weighted by Crippen LogP contribution is -2.32. The Bertz CT molecular complexity index is 721. The zero-order chi connectivity index (χ0) is 18.4. The molecule has 1 atom stereocenters. The Morgan fingerprint density at radius 2 is 1.88 bits per heavy atom. The molecule has 0 saturated carbocycles. The number of benzene rings is 1. The van der Waals surface area contributed by atoms with Crippen LogP contribution in [0.4, 0.5) is 5.88 Å². The molecular weight excluding hydrogens is 324 g/mol. The van der Waals surface area contributed by atoms with Gasteiger partial charge in [0.15, 0.2) is 5.76 Å². The van der Waals surface area contributed by atoms with E-state index in [1.54, 1.807) is 0 Å². The fraction of sp³-hybridized carbons (Fsp3) is 0.389. The van der Waals surface area contributed by atoms with Gasteiger partial charge in [-0.2, -0.15) is 0 Å². The summed E-state index contributed by atoms with van der Waals surface area (Å²) in [6.45, 7) is 5.84. The largest absolute Gasteiger partial charge is 0.491 e. The number of hydrogen-bond acceptors (Lipinski definition) is 5. The first-order chi connectivity index (χ1) is 11.8. The van der Waals surface area contributed by atoms with Gasteiger partial charge < -0.3 is 14.5 Å². The van der Waals surface area contributed by atoms with E-state index >= 15 is 0 Å². The standard InChI is InChI=1S/C18H22N2O5/c1-12(2)24-15-8-6-14(7-9-15)5-4-13(3)19-18(21)16-10-11-17(25-16)20(22)23/h6-13H,4-5H2,1-3H3,(H,19,21). The number of amides is 1. The maximum Gasteiger partial charge on any atom is 0.433 e. The summed E-state index contributed by atoms with van der Waals surface area (Å²) in [6, 6.07) is 10.2. The number of ether oxygens (including phenoxy) is 1. The Kier molecular flexibility index (Phi) is 6.16. The number of aryl methyl sites for hydroxylation is 1. The molecule has 7 nitrogen and oxygen atoms in total. The number of carbonyl (C=O) groups excluding carboxylic acids is 1. The van der Waals surface area contributed by atoms with Crippen molar-refractivity contribution in [3.05, 3.63) is 57.8 Å². The van der Waals surface area contributed by atoms with Gasteiger partial charge in [-0.05, 0) is 57.4 Å². The molecule has 1 amide bonds. The van der Waals surface area contributed by atoms with E-state index in [0.29, 0.717) is 0 Å². The number of nitrogens with zero attached hydrogens (tertiary/aromatic N) is 1. The molecular formula is C18H22N2O5. The van der Waals surface area contributed by atoms with Gasteiger partial charge in [0.1, 0.15) is 10.7 Å². The quantitative estimate of drug-likeness (QED) is 0.580. The first-order valence-corrected chi connectivity index (χ1v) is 8.16. The van der Waals surface area contributed by atoms with Crippen LogP contribution in [0.2, 0.25) is 0 Å². The van der Waals surface area contributed by atoms with E-state index in [2.05, 4.69) is 5.32 Å². The molecule has 1 aromatic heterocycles. The molecule has 134 valence electrons. The molecule has 1 unspecified atom stereocenters. The van der Waals surface area contributed by atoms with Crippen LogP contribution < -0.4 is 10.1 Å². The third-order valence-electron chi connectivity index (χ3n) is 3.53. The highest BCUT2D eigenvalue weighted by Gasteiger charge is 2.18. The van der Waals surface area contributed by atoms with Crippen LogP contribution >= 0.6 is 0 Å². The highest BCUT2D eigenvalue weighted by molar-refractivity contribution is 5.91. The van der Waals surface area contributed by atoms with Gasteiger partial charge in [-0.3, -0.25) is 14.9 Å².